The van der Waals surface area contributed by atoms with E-state index in [-0.39, 0.29) is 0 Å². The Balaban J connectivity index is 0.000000298. The minimum atomic E-state index is -5.08. The summed E-state index contributed by atoms with van der Waals surface area (Å²) < 4.78 is 31.7. The van der Waals surface area contributed by atoms with Crippen molar-refractivity contribution in [3.05, 3.63) is 40.2 Å². The first kappa shape index (κ1) is 20.1. The first-order valence-electron chi connectivity index (χ1n) is 7.89. The fourth-order valence-corrected chi connectivity index (χ4v) is 3.48. The quantitative estimate of drug-likeness (QED) is 0.839. The number of aliphatic carboxylic acids is 1. The number of rotatable bonds is 3. The SMILES string of the molecule is Nc1ccc(CN2CCC(c3cccs3)CC2)nn1.O=C(O)C(F)(F)F. The van der Waals surface area contributed by atoms with E-state index >= 15 is 0 Å². The molecule has 0 saturated carbocycles. The number of carboxylic acid groups (broad SMARTS) is 1. The average molecular weight is 388 g/mol. The molecule has 1 aliphatic rings. The van der Waals surface area contributed by atoms with Gasteiger partial charge in [-0.25, -0.2) is 4.79 Å². The summed E-state index contributed by atoms with van der Waals surface area (Å²) >= 11 is 1.88. The van der Waals surface area contributed by atoms with Gasteiger partial charge in [-0.15, -0.1) is 16.4 Å². The molecule has 3 rings (SSSR count). The van der Waals surface area contributed by atoms with Gasteiger partial charge in [-0.05, 0) is 55.4 Å². The molecule has 1 fully saturated rings. The molecule has 0 atom stereocenters. The van der Waals surface area contributed by atoms with Crippen molar-refractivity contribution in [2.24, 2.45) is 0 Å². The summed E-state index contributed by atoms with van der Waals surface area (Å²) in [4.78, 5) is 12.9. The molecule has 3 heterocycles. The first-order chi connectivity index (χ1) is 12.3. The molecular weight excluding hydrogens is 369 g/mol. The van der Waals surface area contributed by atoms with E-state index in [0.717, 1.165) is 31.2 Å². The summed E-state index contributed by atoms with van der Waals surface area (Å²) in [6.07, 6.45) is -2.61. The molecule has 1 aliphatic heterocycles. The number of thiophene rings is 1. The summed E-state index contributed by atoms with van der Waals surface area (Å²) in [5, 5.41) is 17.3. The van der Waals surface area contributed by atoms with Gasteiger partial charge in [0.05, 0.1) is 5.69 Å². The monoisotopic (exact) mass is 388 g/mol. The Hall–Kier alpha value is -2.20. The highest BCUT2D eigenvalue weighted by atomic mass is 32.1. The lowest BCUT2D eigenvalue weighted by Crippen LogP contribution is -2.32. The molecular formula is C16H19F3N4O2S. The Morgan fingerprint density at radius 2 is 1.92 bits per heavy atom. The van der Waals surface area contributed by atoms with Crippen molar-refractivity contribution >= 4 is 23.1 Å². The summed E-state index contributed by atoms with van der Waals surface area (Å²) in [5.41, 5.74) is 6.55. The predicted octanol–water partition coefficient (Wildman–Crippen LogP) is 3.13. The molecule has 3 N–H and O–H groups in total. The van der Waals surface area contributed by atoms with Crippen molar-refractivity contribution in [2.75, 3.05) is 18.8 Å². The van der Waals surface area contributed by atoms with Crippen LogP contribution in [0.3, 0.4) is 0 Å². The van der Waals surface area contributed by atoms with Crippen LogP contribution >= 0.6 is 11.3 Å². The van der Waals surface area contributed by atoms with E-state index in [4.69, 9.17) is 15.6 Å². The average Bonchev–Trinajstić information content (AvgIpc) is 3.12. The van der Waals surface area contributed by atoms with Gasteiger partial charge in [0.1, 0.15) is 5.82 Å². The van der Waals surface area contributed by atoms with Gasteiger partial charge in [0.15, 0.2) is 0 Å². The smallest absolute Gasteiger partial charge is 0.475 e. The minimum absolute atomic E-state index is 0.486. The number of anilines is 1. The lowest BCUT2D eigenvalue weighted by molar-refractivity contribution is -0.192. The Labute approximate surface area is 152 Å². The molecule has 10 heteroatoms. The van der Waals surface area contributed by atoms with Crippen LogP contribution < -0.4 is 5.73 Å². The minimum Gasteiger partial charge on any atom is -0.475 e. The zero-order valence-electron chi connectivity index (χ0n) is 13.8. The third-order valence-corrected chi connectivity index (χ3v) is 4.94. The van der Waals surface area contributed by atoms with Gasteiger partial charge in [-0.2, -0.15) is 18.3 Å². The van der Waals surface area contributed by atoms with Gasteiger partial charge in [0, 0.05) is 11.4 Å². The van der Waals surface area contributed by atoms with Crippen LogP contribution in [0.25, 0.3) is 0 Å². The van der Waals surface area contributed by atoms with E-state index in [2.05, 4.69) is 32.6 Å². The second-order valence-corrected chi connectivity index (χ2v) is 6.80. The number of carboxylic acids is 1. The van der Waals surface area contributed by atoms with Crippen LogP contribution in [0, 0.1) is 0 Å². The van der Waals surface area contributed by atoms with Crippen LogP contribution in [0.5, 0.6) is 0 Å². The fourth-order valence-electron chi connectivity index (χ4n) is 2.58. The van der Waals surface area contributed by atoms with Crippen molar-refractivity contribution in [1.82, 2.24) is 15.1 Å². The normalized spacial score (nSPS) is 16.0. The number of aromatic nitrogens is 2. The van der Waals surface area contributed by atoms with Crippen LogP contribution in [0.2, 0.25) is 0 Å². The predicted molar refractivity (Wildman–Crippen MR) is 91.7 cm³/mol. The molecule has 0 bridgehead atoms. The third-order valence-electron chi connectivity index (χ3n) is 3.90. The summed E-state index contributed by atoms with van der Waals surface area (Å²) in [7, 11) is 0. The van der Waals surface area contributed by atoms with E-state index in [0.29, 0.717) is 5.82 Å². The number of nitrogens with two attached hydrogens (primary N) is 1. The molecule has 6 nitrogen and oxygen atoms in total. The number of piperidine rings is 1. The Morgan fingerprint density at radius 1 is 1.27 bits per heavy atom. The van der Waals surface area contributed by atoms with Gasteiger partial charge in [0.25, 0.3) is 0 Å². The maximum atomic E-state index is 10.6. The molecule has 1 saturated heterocycles. The standard InChI is InChI=1S/C14H18N4S.C2HF3O2/c15-14-4-3-12(16-17-14)10-18-7-5-11(6-8-18)13-2-1-9-19-13;3-2(4,5)1(6)7/h1-4,9,11H,5-8,10H2,(H2,15,17);(H,6,7). The van der Waals surface area contributed by atoms with E-state index in [1.165, 1.54) is 17.7 Å². The van der Waals surface area contributed by atoms with E-state index in [9.17, 15) is 13.2 Å². The van der Waals surface area contributed by atoms with Crippen molar-refractivity contribution in [2.45, 2.75) is 31.5 Å². The van der Waals surface area contributed by atoms with Gasteiger partial charge in [-0.1, -0.05) is 6.07 Å². The number of nitrogens with zero attached hydrogens (tertiary/aromatic N) is 3. The molecule has 2 aromatic rings. The second kappa shape index (κ2) is 8.95. The number of alkyl halides is 3. The van der Waals surface area contributed by atoms with E-state index < -0.39 is 12.1 Å². The van der Waals surface area contributed by atoms with Crippen LogP contribution in [0.4, 0.5) is 19.0 Å². The molecule has 142 valence electrons. The van der Waals surface area contributed by atoms with E-state index in [1.54, 1.807) is 0 Å². The van der Waals surface area contributed by atoms with Gasteiger partial charge in [-0.3, -0.25) is 4.90 Å². The van der Waals surface area contributed by atoms with Crippen LogP contribution in [-0.2, 0) is 11.3 Å². The zero-order valence-corrected chi connectivity index (χ0v) is 14.6. The maximum Gasteiger partial charge on any atom is 0.490 e. The number of likely N-dealkylation sites (tertiary alicyclic amines) is 1. The topological polar surface area (TPSA) is 92.3 Å². The van der Waals surface area contributed by atoms with Crippen LogP contribution in [0.1, 0.15) is 29.3 Å². The van der Waals surface area contributed by atoms with Crippen molar-refractivity contribution < 1.29 is 23.1 Å². The molecule has 0 amide bonds. The van der Waals surface area contributed by atoms with Crippen LogP contribution in [0.15, 0.2) is 29.6 Å². The number of hydrogen-bond donors (Lipinski definition) is 2. The summed E-state index contributed by atoms with van der Waals surface area (Å²) in [5.74, 6) is -1.53. The highest BCUT2D eigenvalue weighted by Crippen LogP contribution is 2.31. The molecule has 26 heavy (non-hydrogen) atoms. The Bertz CT molecular complexity index is 685. The summed E-state index contributed by atoms with van der Waals surface area (Å²) in [6.45, 7) is 3.15. The molecule has 0 unspecified atom stereocenters. The highest BCUT2D eigenvalue weighted by molar-refractivity contribution is 7.10. The van der Waals surface area contributed by atoms with Gasteiger partial charge < -0.3 is 10.8 Å². The molecule has 2 aromatic heterocycles. The highest BCUT2D eigenvalue weighted by Gasteiger charge is 2.38. The maximum absolute atomic E-state index is 10.6. The largest absolute Gasteiger partial charge is 0.490 e. The van der Waals surface area contributed by atoms with Crippen molar-refractivity contribution in [3.63, 3.8) is 0 Å². The lowest BCUT2D eigenvalue weighted by atomic mass is 9.95. The zero-order chi connectivity index (χ0) is 19.2. The molecule has 0 spiro atoms. The third kappa shape index (κ3) is 6.26. The Kier molecular flexibility index (Phi) is 6.92. The number of nitrogen functional groups attached to an aromatic ring is 1. The number of carbonyl (C=O) groups is 1. The summed E-state index contributed by atoms with van der Waals surface area (Å²) in [6, 6.07) is 8.20. The van der Waals surface area contributed by atoms with Crippen molar-refractivity contribution in [1.29, 1.82) is 0 Å². The Morgan fingerprint density at radius 3 is 2.38 bits per heavy atom. The number of hydrogen-bond acceptors (Lipinski definition) is 6. The van der Waals surface area contributed by atoms with E-state index in [1.807, 2.05) is 23.5 Å². The number of halogens is 3. The van der Waals surface area contributed by atoms with Crippen LogP contribution in [-0.4, -0.2) is 45.4 Å². The van der Waals surface area contributed by atoms with Gasteiger partial charge >= 0.3 is 12.1 Å². The molecule has 0 aliphatic carbocycles. The fraction of sp³-hybridized carbons (Fsp3) is 0.438. The van der Waals surface area contributed by atoms with Gasteiger partial charge in [0.2, 0.25) is 0 Å². The van der Waals surface area contributed by atoms with Crippen molar-refractivity contribution in [3.8, 4) is 0 Å². The molecule has 0 aromatic carbocycles. The first-order valence-corrected chi connectivity index (χ1v) is 8.77. The lowest BCUT2D eigenvalue weighted by Gasteiger charge is -2.31. The second-order valence-electron chi connectivity index (χ2n) is 5.82. The molecule has 0 radical (unpaired) electrons.